The Morgan fingerprint density at radius 2 is 2.08 bits per heavy atom. The largest absolute Gasteiger partial charge is 0.325 e. The topological polar surface area (TPSA) is 63.1 Å². The van der Waals surface area contributed by atoms with Gasteiger partial charge in [0.1, 0.15) is 0 Å². The highest BCUT2D eigenvalue weighted by Crippen LogP contribution is 2.38. The third-order valence-corrected chi connectivity index (χ3v) is 5.95. The van der Waals surface area contributed by atoms with Crippen molar-refractivity contribution in [3.8, 4) is 0 Å². The van der Waals surface area contributed by atoms with Gasteiger partial charge < -0.3 is 10.2 Å². The Balaban J connectivity index is 1.26. The van der Waals surface area contributed by atoms with E-state index in [9.17, 15) is 4.79 Å². The summed E-state index contributed by atoms with van der Waals surface area (Å²) in [6, 6.07) is 7.97. The number of likely N-dealkylation sites (tertiary alicyclic amines) is 1. The monoisotopic (exact) mass is 371 g/mol. The van der Waals surface area contributed by atoms with Crippen molar-refractivity contribution in [3.05, 3.63) is 36.2 Å². The van der Waals surface area contributed by atoms with Gasteiger partial charge in [0, 0.05) is 42.3 Å². The molecule has 0 atom stereocenters. The van der Waals surface area contributed by atoms with Gasteiger partial charge in [-0.1, -0.05) is 11.3 Å². The van der Waals surface area contributed by atoms with Gasteiger partial charge in [0.25, 0.3) is 0 Å². The lowest BCUT2D eigenvalue weighted by Crippen LogP contribution is -2.41. The lowest BCUT2D eigenvalue weighted by Gasteiger charge is -2.31. The Morgan fingerprint density at radius 3 is 2.81 bits per heavy atom. The maximum atomic E-state index is 12.5. The minimum atomic E-state index is -0.00141. The summed E-state index contributed by atoms with van der Waals surface area (Å²) in [6.07, 6.45) is 8.68. The highest BCUT2D eigenvalue weighted by molar-refractivity contribution is 7.98. The van der Waals surface area contributed by atoms with E-state index >= 15 is 0 Å². The van der Waals surface area contributed by atoms with Gasteiger partial charge in [-0.25, -0.2) is 4.79 Å². The number of hydrogen-bond donors (Lipinski definition) is 1. The van der Waals surface area contributed by atoms with Crippen molar-refractivity contribution in [3.63, 3.8) is 0 Å². The van der Waals surface area contributed by atoms with Crippen LogP contribution in [0.15, 0.2) is 35.4 Å². The summed E-state index contributed by atoms with van der Waals surface area (Å²) in [6.45, 7) is 2.50. The number of thioether (sulfide) groups is 1. The van der Waals surface area contributed by atoms with Crippen molar-refractivity contribution in [1.29, 1.82) is 0 Å². The number of carbonyl (C=O) groups excluding carboxylic acids is 1. The Hall–Kier alpha value is -2.02. The van der Waals surface area contributed by atoms with Crippen LogP contribution in [0.2, 0.25) is 0 Å². The molecule has 1 saturated heterocycles. The number of hydrogen-bond acceptors (Lipinski definition) is 4. The van der Waals surface area contributed by atoms with E-state index in [2.05, 4.69) is 21.8 Å². The zero-order valence-electron chi connectivity index (χ0n) is 15.1. The zero-order chi connectivity index (χ0) is 17.9. The molecule has 2 amide bonds. The van der Waals surface area contributed by atoms with E-state index in [0.717, 1.165) is 48.8 Å². The van der Waals surface area contributed by atoms with Crippen LogP contribution in [0.5, 0.6) is 0 Å². The van der Waals surface area contributed by atoms with Gasteiger partial charge in [-0.3, -0.25) is 4.68 Å². The van der Waals surface area contributed by atoms with Gasteiger partial charge in [-0.15, -0.1) is 16.9 Å². The predicted octanol–water partition coefficient (Wildman–Crippen LogP) is 3.82. The van der Waals surface area contributed by atoms with Crippen LogP contribution in [0.1, 0.15) is 37.3 Å². The Morgan fingerprint density at radius 1 is 1.27 bits per heavy atom. The molecule has 1 aliphatic heterocycles. The molecular weight excluding hydrogens is 346 g/mol. The molecule has 1 aliphatic carbocycles. The van der Waals surface area contributed by atoms with Crippen LogP contribution >= 0.6 is 11.8 Å². The van der Waals surface area contributed by atoms with Gasteiger partial charge in [0.15, 0.2) is 0 Å². The maximum Gasteiger partial charge on any atom is 0.321 e. The fraction of sp³-hybridized carbons (Fsp3) is 0.526. The Kier molecular flexibility index (Phi) is 5.15. The minimum Gasteiger partial charge on any atom is -0.325 e. The SMILES string of the molecule is CSc1cccc(NC(=O)N2CCC(Cn3cc(C4CC4)nn3)CC2)c1. The molecule has 2 aliphatic rings. The number of aromatic nitrogens is 3. The van der Waals surface area contributed by atoms with Gasteiger partial charge in [-0.05, 0) is 56.1 Å². The molecule has 2 heterocycles. The number of nitrogens with one attached hydrogen (secondary N) is 1. The van der Waals surface area contributed by atoms with E-state index < -0.39 is 0 Å². The molecule has 0 radical (unpaired) electrons. The summed E-state index contributed by atoms with van der Waals surface area (Å²) >= 11 is 1.68. The second kappa shape index (κ2) is 7.70. The number of rotatable bonds is 5. The van der Waals surface area contributed by atoms with Gasteiger partial charge in [0.2, 0.25) is 0 Å². The first-order valence-electron chi connectivity index (χ1n) is 9.31. The van der Waals surface area contributed by atoms with Crippen molar-refractivity contribution in [2.24, 2.45) is 5.92 Å². The number of piperidine rings is 1. The molecule has 26 heavy (non-hydrogen) atoms. The van der Waals surface area contributed by atoms with Crippen LogP contribution in [0, 0.1) is 5.92 Å². The molecule has 0 unspecified atom stereocenters. The number of benzene rings is 1. The molecule has 0 spiro atoms. The van der Waals surface area contributed by atoms with Crippen molar-refractivity contribution >= 4 is 23.5 Å². The molecule has 1 saturated carbocycles. The summed E-state index contributed by atoms with van der Waals surface area (Å²) in [5.74, 6) is 1.21. The molecule has 7 heteroatoms. The molecule has 0 bridgehead atoms. The van der Waals surface area contributed by atoms with Crippen molar-refractivity contribution < 1.29 is 4.79 Å². The Bertz CT molecular complexity index is 765. The molecule has 1 aromatic carbocycles. The average molecular weight is 372 g/mol. The molecular formula is C19H25N5OS. The summed E-state index contributed by atoms with van der Waals surface area (Å²) in [7, 11) is 0. The quantitative estimate of drug-likeness (QED) is 0.812. The van der Waals surface area contributed by atoms with Gasteiger partial charge >= 0.3 is 6.03 Å². The fourth-order valence-corrected chi connectivity index (χ4v) is 3.91. The van der Waals surface area contributed by atoms with Crippen LogP contribution in [-0.4, -0.2) is 45.3 Å². The predicted molar refractivity (Wildman–Crippen MR) is 104 cm³/mol. The normalized spacial score (nSPS) is 18.1. The lowest BCUT2D eigenvalue weighted by atomic mass is 9.97. The number of urea groups is 1. The van der Waals surface area contributed by atoms with Crippen LogP contribution in [0.3, 0.4) is 0 Å². The summed E-state index contributed by atoms with van der Waals surface area (Å²) in [5.41, 5.74) is 2.01. The van der Waals surface area contributed by atoms with E-state index in [4.69, 9.17) is 0 Å². The van der Waals surface area contributed by atoms with Crippen molar-refractivity contribution in [2.75, 3.05) is 24.7 Å². The molecule has 1 N–H and O–H groups in total. The molecule has 138 valence electrons. The smallest absolute Gasteiger partial charge is 0.321 e. The lowest BCUT2D eigenvalue weighted by molar-refractivity contribution is 0.175. The fourth-order valence-electron chi connectivity index (χ4n) is 3.46. The first-order chi connectivity index (χ1) is 12.7. The third-order valence-electron chi connectivity index (χ3n) is 5.22. The Labute approximate surface area is 158 Å². The number of carbonyl (C=O) groups is 1. The second-order valence-corrected chi connectivity index (χ2v) is 8.11. The average Bonchev–Trinajstić information content (AvgIpc) is 3.42. The highest BCUT2D eigenvalue weighted by atomic mass is 32.2. The summed E-state index contributed by atoms with van der Waals surface area (Å²) < 4.78 is 1.99. The van der Waals surface area contributed by atoms with Crippen molar-refractivity contribution in [1.82, 2.24) is 19.9 Å². The van der Waals surface area contributed by atoms with E-state index in [1.807, 2.05) is 40.1 Å². The van der Waals surface area contributed by atoms with Crippen LogP contribution in [-0.2, 0) is 6.54 Å². The number of anilines is 1. The third kappa shape index (κ3) is 4.20. The zero-order valence-corrected chi connectivity index (χ0v) is 15.9. The maximum absolute atomic E-state index is 12.5. The molecule has 2 fully saturated rings. The second-order valence-electron chi connectivity index (χ2n) is 7.23. The van der Waals surface area contributed by atoms with E-state index in [1.165, 1.54) is 12.8 Å². The molecule has 1 aromatic heterocycles. The van der Waals surface area contributed by atoms with Crippen molar-refractivity contribution in [2.45, 2.75) is 43.0 Å². The molecule has 2 aromatic rings. The van der Waals surface area contributed by atoms with Gasteiger partial charge in [0.05, 0.1) is 5.69 Å². The molecule has 4 rings (SSSR count). The minimum absolute atomic E-state index is 0.00141. The summed E-state index contributed by atoms with van der Waals surface area (Å²) in [5, 5.41) is 11.6. The summed E-state index contributed by atoms with van der Waals surface area (Å²) in [4.78, 5) is 15.6. The first kappa shape index (κ1) is 17.4. The van der Waals surface area contributed by atoms with Gasteiger partial charge in [-0.2, -0.15) is 0 Å². The number of amides is 2. The van der Waals surface area contributed by atoms with Crippen LogP contribution in [0.25, 0.3) is 0 Å². The molecule has 6 nitrogen and oxygen atoms in total. The highest BCUT2D eigenvalue weighted by Gasteiger charge is 2.27. The standard InChI is InChI=1S/C19H25N5OS/c1-26-17-4-2-3-16(11-17)20-19(25)23-9-7-14(8-10-23)12-24-13-18(21-22-24)15-5-6-15/h2-4,11,13-15H,5-10,12H2,1H3,(H,20,25). The first-order valence-corrected chi connectivity index (χ1v) is 10.5. The van der Waals surface area contributed by atoms with E-state index in [-0.39, 0.29) is 6.03 Å². The number of nitrogens with zero attached hydrogens (tertiary/aromatic N) is 4. The van der Waals surface area contributed by atoms with Crippen LogP contribution in [0.4, 0.5) is 10.5 Å². The van der Waals surface area contributed by atoms with E-state index in [1.54, 1.807) is 11.8 Å². The van der Waals surface area contributed by atoms with Crippen LogP contribution < -0.4 is 5.32 Å². The van der Waals surface area contributed by atoms with E-state index in [0.29, 0.717) is 11.8 Å².